The van der Waals surface area contributed by atoms with E-state index in [1.54, 1.807) is 0 Å². The number of aromatic nitrogens is 4. The predicted octanol–water partition coefficient (Wildman–Crippen LogP) is 5.48. The van der Waals surface area contributed by atoms with Gasteiger partial charge in [0.1, 0.15) is 10.3 Å². The molecule has 4 rings (SSSR count). The molecule has 0 bridgehead atoms. The minimum absolute atomic E-state index is 0. The number of hydrogen-bond acceptors (Lipinski definition) is 10. The maximum Gasteiger partial charge on any atom is 0.107 e. The molecule has 1 saturated heterocycles. The molecule has 4 N–H and O–H groups in total. The minimum atomic E-state index is 0. The SMILES string of the molecule is CC(C)(C)C1=CC[N-]C(C2CC(C(C)(C)C)CC[N-]2)=C1.Nc1nnc([S-])s1.Nc1nnc([S-])s1.[Pd]. The fourth-order valence-corrected chi connectivity index (χ4v) is 4.81. The van der Waals surface area contributed by atoms with E-state index in [4.69, 9.17) is 22.1 Å². The molecule has 0 saturated carbocycles. The van der Waals surface area contributed by atoms with Crippen LogP contribution in [0.15, 0.2) is 32.1 Å². The number of allylic oxidation sites excluding steroid dienone is 2. The standard InChI is InChI=1S/C18H30N2.2C2H3N3S2.Pd/c1-17(2,3)13-7-9-19-15(11-13)16-12-14(8-10-20-16)18(4,5)6;2*3-1-4-5-2(6)7-1;/h7,11,14,16H,8-10,12H2,1-6H3;2*(H2,3,4)(H,5,6);/q-2;;;/p-2. The molecule has 35 heavy (non-hydrogen) atoms. The number of nitrogen functional groups attached to an aromatic ring is 2. The second kappa shape index (κ2) is 14.1. The second-order valence-corrected chi connectivity index (χ2v) is 13.4. The van der Waals surface area contributed by atoms with Crippen LogP contribution in [0.4, 0.5) is 10.3 Å². The van der Waals surface area contributed by atoms with Crippen molar-refractivity contribution in [1.82, 2.24) is 20.4 Å². The van der Waals surface area contributed by atoms with Crippen LogP contribution < -0.4 is 11.5 Å². The van der Waals surface area contributed by atoms with Gasteiger partial charge in [-0.25, -0.2) is 0 Å². The van der Waals surface area contributed by atoms with Gasteiger partial charge in [0.15, 0.2) is 0 Å². The van der Waals surface area contributed by atoms with Crippen molar-refractivity contribution in [2.45, 2.75) is 69.1 Å². The Morgan fingerprint density at radius 2 is 1.49 bits per heavy atom. The van der Waals surface area contributed by atoms with Gasteiger partial charge in [-0.3, -0.25) is 0 Å². The fraction of sp³-hybridized carbons (Fsp3) is 0.636. The zero-order valence-corrected chi connectivity index (χ0v) is 25.7. The van der Waals surface area contributed by atoms with Crippen LogP contribution in [0.25, 0.3) is 10.6 Å². The Morgan fingerprint density at radius 3 is 1.86 bits per heavy atom. The van der Waals surface area contributed by atoms with Gasteiger partial charge in [0, 0.05) is 20.4 Å². The Morgan fingerprint density at radius 1 is 0.943 bits per heavy atom. The van der Waals surface area contributed by atoms with Crippen LogP contribution in [0.1, 0.15) is 54.4 Å². The molecule has 2 aliphatic rings. The number of rotatable bonds is 1. The van der Waals surface area contributed by atoms with Gasteiger partial charge in [-0.1, -0.05) is 66.5 Å². The first-order chi connectivity index (χ1) is 15.8. The van der Waals surface area contributed by atoms with Crippen LogP contribution >= 0.6 is 22.7 Å². The first-order valence-electron chi connectivity index (χ1n) is 11.0. The largest absolute Gasteiger partial charge is 0.686 e. The number of piperidine rings is 1. The smallest absolute Gasteiger partial charge is 0.107 e. The van der Waals surface area contributed by atoms with Crippen molar-refractivity contribution in [1.29, 1.82) is 0 Å². The summed E-state index contributed by atoms with van der Waals surface area (Å²) < 4.78 is 0.995. The zero-order valence-electron chi connectivity index (χ0n) is 20.9. The molecule has 2 atom stereocenters. The zero-order chi connectivity index (χ0) is 25.5. The Kier molecular flexibility index (Phi) is 12.9. The molecule has 8 nitrogen and oxygen atoms in total. The van der Waals surface area contributed by atoms with Crippen molar-refractivity contribution >= 4 is 58.2 Å². The van der Waals surface area contributed by atoms with Gasteiger partial charge in [0.05, 0.1) is 0 Å². The van der Waals surface area contributed by atoms with Gasteiger partial charge in [-0.15, -0.1) is 29.3 Å². The summed E-state index contributed by atoms with van der Waals surface area (Å²) >= 11 is 11.6. The average molecular weight is 645 g/mol. The van der Waals surface area contributed by atoms with E-state index in [1.807, 2.05) is 0 Å². The Bertz CT molecular complexity index is 903. The van der Waals surface area contributed by atoms with Crippen LogP contribution in [-0.2, 0) is 45.7 Å². The molecular formula is C22H34N8PdS4-4. The van der Waals surface area contributed by atoms with Crippen molar-refractivity contribution in [3.8, 4) is 0 Å². The molecule has 4 heterocycles. The number of hydrogen-bond donors (Lipinski definition) is 2. The third-order valence-corrected chi connectivity index (χ3v) is 7.26. The summed E-state index contributed by atoms with van der Waals surface area (Å²) in [5.74, 6) is 0.755. The molecule has 1 fully saturated rings. The number of nitrogens with zero attached hydrogens (tertiary/aromatic N) is 6. The molecule has 0 aliphatic carbocycles. The third-order valence-electron chi connectivity index (χ3n) is 5.50. The molecule has 0 spiro atoms. The van der Waals surface area contributed by atoms with Crippen molar-refractivity contribution in [3.63, 3.8) is 0 Å². The predicted molar refractivity (Wildman–Crippen MR) is 148 cm³/mol. The summed E-state index contributed by atoms with van der Waals surface area (Å²) in [5, 5.41) is 24.3. The average Bonchev–Trinajstić information content (AvgIpc) is 3.33. The van der Waals surface area contributed by atoms with E-state index in [-0.39, 0.29) is 25.8 Å². The van der Waals surface area contributed by atoms with Crippen molar-refractivity contribution in [2.24, 2.45) is 16.7 Å². The Labute approximate surface area is 242 Å². The molecule has 2 aromatic heterocycles. The Balaban J connectivity index is 0.000000332. The first-order valence-corrected chi connectivity index (χ1v) is 13.5. The summed E-state index contributed by atoms with van der Waals surface area (Å²) in [4.78, 5) is 0. The summed E-state index contributed by atoms with van der Waals surface area (Å²) in [6.07, 6.45) is 6.95. The van der Waals surface area contributed by atoms with Crippen molar-refractivity contribution in [3.05, 3.63) is 34.1 Å². The van der Waals surface area contributed by atoms with E-state index in [9.17, 15) is 0 Å². The molecule has 200 valence electrons. The summed E-state index contributed by atoms with van der Waals surface area (Å²) in [6.45, 7) is 15.7. The van der Waals surface area contributed by atoms with Crippen LogP contribution in [0.5, 0.6) is 0 Å². The van der Waals surface area contributed by atoms with Crippen LogP contribution in [-0.4, -0.2) is 39.5 Å². The number of anilines is 2. The van der Waals surface area contributed by atoms with Crippen LogP contribution in [0, 0.1) is 16.7 Å². The minimum Gasteiger partial charge on any atom is -0.686 e. The van der Waals surface area contributed by atoms with Gasteiger partial charge in [0.2, 0.25) is 0 Å². The normalized spacial score (nSPS) is 19.9. The van der Waals surface area contributed by atoms with Gasteiger partial charge in [0.25, 0.3) is 0 Å². The Hall–Kier alpha value is -0.938. The molecule has 2 aliphatic heterocycles. The van der Waals surface area contributed by atoms with Crippen LogP contribution in [0.3, 0.4) is 0 Å². The van der Waals surface area contributed by atoms with Gasteiger partial charge < -0.3 is 70.0 Å². The van der Waals surface area contributed by atoms with Gasteiger partial charge in [-0.05, 0) is 31.0 Å². The van der Waals surface area contributed by atoms with Crippen molar-refractivity contribution < 1.29 is 20.4 Å². The molecule has 0 aromatic carbocycles. The quantitative estimate of drug-likeness (QED) is 0.308. The molecule has 0 radical (unpaired) electrons. The van der Waals surface area contributed by atoms with E-state index in [0.717, 1.165) is 25.4 Å². The van der Waals surface area contributed by atoms with E-state index in [1.165, 1.54) is 40.4 Å². The fourth-order valence-electron chi connectivity index (χ4n) is 3.53. The molecular weight excluding hydrogens is 611 g/mol. The maximum atomic E-state index is 5.16. The summed E-state index contributed by atoms with van der Waals surface area (Å²) in [7, 11) is 0. The number of nitrogens with two attached hydrogens (primary N) is 2. The first kappa shape index (κ1) is 32.1. The second-order valence-electron chi connectivity index (χ2n) is 10.1. The van der Waals surface area contributed by atoms with Gasteiger partial charge >= 0.3 is 0 Å². The van der Waals surface area contributed by atoms with E-state index < -0.39 is 0 Å². The summed E-state index contributed by atoms with van der Waals surface area (Å²) in [6, 6.07) is 0.319. The molecule has 2 aromatic rings. The molecule has 0 amide bonds. The molecule has 2 unspecified atom stereocenters. The topological polar surface area (TPSA) is 132 Å². The summed E-state index contributed by atoms with van der Waals surface area (Å²) in [5.41, 5.74) is 13.5. The van der Waals surface area contributed by atoms with E-state index in [0.29, 0.717) is 30.4 Å². The maximum absolute atomic E-state index is 5.16. The third kappa shape index (κ3) is 11.3. The van der Waals surface area contributed by atoms with Gasteiger partial charge in [-0.2, -0.15) is 15.9 Å². The van der Waals surface area contributed by atoms with E-state index in [2.05, 4.69) is 99.3 Å². The van der Waals surface area contributed by atoms with E-state index >= 15 is 0 Å². The van der Waals surface area contributed by atoms with Crippen molar-refractivity contribution in [2.75, 3.05) is 24.6 Å². The van der Waals surface area contributed by atoms with Crippen LogP contribution in [0.2, 0.25) is 0 Å². The molecule has 13 heteroatoms. The monoisotopic (exact) mass is 644 g/mol.